The second-order valence-electron chi connectivity index (χ2n) is 5.39. The van der Waals surface area contributed by atoms with Crippen LogP contribution in [-0.2, 0) is 0 Å². The fourth-order valence-corrected chi connectivity index (χ4v) is 2.82. The monoisotopic (exact) mass is 267 g/mol. The maximum Gasteiger partial charge on any atom is 0.132 e. The van der Waals surface area contributed by atoms with Gasteiger partial charge in [0.15, 0.2) is 0 Å². The molecule has 3 nitrogen and oxygen atoms in total. The molecule has 1 unspecified atom stereocenters. The molecule has 0 bridgehead atoms. The molecule has 1 aliphatic rings. The minimum Gasteiger partial charge on any atom is -0.356 e. The van der Waals surface area contributed by atoms with Gasteiger partial charge in [-0.25, -0.2) is 9.97 Å². The van der Waals surface area contributed by atoms with Crippen LogP contribution in [-0.4, -0.2) is 28.9 Å². The molecule has 2 rings (SSSR count). The molecule has 1 saturated heterocycles. The fraction of sp³-hybridized carbons (Fsp3) is 0.714. The van der Waals surface area contributed by atoms with Crippen molar-refractivity contribution in [2.45, 2.75) is 39.0 Å². The van der Waals surface area contributed by atoms with Gasteiger partial charge in [-0.1, -0.05) is 13.8 Å². The van der Waals surface area contributed by atoms with E-state index < -0.39 is 0 Å². The first-order valence-corrected chi connectivity index (χ1v) is 7.37. The normalized spacial score (nSPS) is 20.4. The highest BCUT2D eigenvalue weighted by molar-refractivity contribution is 6.17. The summed E-state index contributed by atoms with van der Waals surface area (Å²) in [4.78, 5) is 11.1. The van der Waals surface area contributed by atoms with E-state index in [-0.39, 0.29) is 0 Å². The van der Waals surface area contributed by atoms with Crippen LogP contribution in [0.2, 0.25) is 0 Å². The molecule has 1 aromatic rings. The molecule has 0 aromatic carbocycles. The Kier molecular flexibility index (Phi) is 4.81. The summed E-state index contributed by atoms with van der Waals surface area (Å²) in [6.45, 7) is 6.52. The summed E-state index contributed by atoms with van der Waals surface area (Å²) in [7, 11) is 0. The van der Waals surface area contributed by atoms with Crippen molar-refractivity contribution in [3.8, 4) is 0 Å². The van der Waals surface area contributed by atoms with Crippen LogP contribution < -0.4 is 4.90 Å². The highest BCUT2D eigenvalue weighted by Gasteiger charge is 2.20. The lowest BCUT2D eigenvalue weighted by atomic mass is 9.95. The van der Waals surface area contributed by atoms with Crippen LogP contribution in [0.25, 0.3) is 0 Å². The van der Waals surface area contributed by atoms with Gasteiger partial charge in [-0.05, 0) is 31.1 Å². The third kappa shape index (κ3) is 3.35. The van der Waals surface area contributed by atoms with E-state index >= 15 is 0 Å². The quantitative estimate of drug-likeness (QED) is 0.783. The van der Waals surface area contributed by atoms with Crippen LogP contribution in [0.1, 0.15) is 44.7 Å². The van der Waals surface area contributed by atoms with E-state index in [4.69, 9.17) is 11.6 Å². The van der Waals surface area contributed by atoms with Gasteiger partial charge in [-0.2, -0.15) is 0 Å². The van der Waals surface area contributed by atoms with E-state index in [1.165, 1.54) is 12.8 Å². The van der Waals surface area contributed by atoms with Crippen molar-refractivity contribution in [3.05, 3.63) is 18.1 Å². The molecule has 0 saturated carbocycles. The highest BCUT2D eigenvalue weighted by atomic mass is 35.5. The Morgan fingerprint density at radius 2 is 2.28 bits per heavy atom. The fourth-order valence-electron chi connectivity index (χ4n) is 2.51. The first-order chi connectivity index (χ1) is 8.70. The number of hydrogen-bond donors (Lipinski definition) is 0. The molecule has 0 aliphatic carbocycles. The van der Waals surface area contributed by atoms with E-state index in [1.807, 2.05) is 0 Å². The number of hydrogen-bond acceptors (Lipinski definition) is 3. The molecule has 1 atom stereocenters. The van der Waals surface area contributed by atoms with Crippen molar-refractivity contribution in [1.82, 2.24) is 9.97 Å². The van der Waals surface area contributed by atoms with Crippen molar-refractivity contribution < 1.29 is 0 Å². The number of halogens is 1. The van der Waals surface area contributed by atoms with Crippen molar-refractivity contribution in [2.24, 2.45) is 5.92 Å². The molecule has 0 N–H and O–H groups in total. The lowest BCUT2D eigenvalue weighted by molar-refractivity contribution is 0.404. The average Bonchev–Trinajstić information content (AvgIpc) is 2.39. The summed E-state index contributed by atoms with van der Waals surface area (Å²) in [6, 6.07) is 2.13. The Hall–Kier alpha value is -0.830. The third-order valence-electron chi connectivity index (χ3n) is 3.63. The van der Waals surface area contributed by atoms with Crippen LogP contribution >= 0.6 is 11.6 Å². The summed E-state index contributed by atoms with van der Waals surface area (Å²) < 4.78 is 0. The van der Waals surface area contributed by atoms with Crippen molar-refractivity contribution in [1.29, 1.82) is 0 Å². The molecule has 1 aliphatic heterocycles. The number of alkyl halides is 1. The summed E-state index contributed by atoms with van der Waals surface area (Å²) in [5, 5.41) is 0. The molecule has 2 heterocycles. The largest absolute Gasteiger partial charge is 0.356 e. The van der Waals surface area contributed by atoms with Crippen LogP contribution in [0.15, 0.2) is 12.4 Å². The number of nitrogens with zero attached hydrogens (tertiary/aromatic N) is 3. The van der Waals surface area contributed by atoms with Gasteiger partial charge in [0.25, 0.3) is 0 Å². The van der Waals surface area contributed by atoms with Crippen LogP contribution in [0.3, 0.4) is 0 Å². The predicted octanol–water partition coefficient (Wildman–Crippen LogP) is 3.45. The topological polar surface area (TPSA) is 29.0 Å². The maximum atomic E-state index is 5.85. The molecule has 0 amide bonds. The van der Waals surface area contributed by atoms with Crippen molar-refractivity contribution >= 4 is 17.4 Å². The molecule has 18 heavy (non-hydrogen) atoms. The van der Waals surface area contributed by atoms with Gasteiger partial charge in [-0.3, -0.25) is 0 Å². The second kappa shape index (κ2) is 6.37. The third-order valence-corrected chi connectivity index (χ3v) is 3.84. The molecule has 1 fully saturated rings. The maximum absolute atomic E-state index is 5.85. The summed E-state index contributed by atoms with van der Waals surface area (Å²) in [5.74, 6) is 3.01. The zero-order chi connectivity index (χ0) is 13.0. The molecular weight excluding hydrogens is 246 g/mol. The zero-order valence-corrected chi connectivity index (χ0v) is 12.0. The number of aromatic nitrogens is 2. The Bertz CT molecular complexity index is 379. The van der Waals surface area contributed by atoms with Gasteiger partial charge < -0.3 is 4.90 Å². The average molecular weight is 268 g/mol. The minimum absolute atomic E-state index is 0.454. The molecular formula is C14H22ClN3. The molecule has 100 valence electrons. The lowest BCUT2D eigenvalue weighted by Crippen LogP contribution is -2.36. The van der Waals surface area contributed by atoms with E-state index in [9.17, 15) is 0 Å². The first-order valence-electron chi connectivity index (χ1n) is 6.83. The van der Waals surface area contributed by atoms with E-state index in [0.29, 0.717) is 11.8 Å². The lowest BCUT2D eigenvalue weighted by Gasteiger charge is -2.33. The van der Waals surface area contributed by atoms with Gasteiger partial charge in [0.2, 0.25) is 0 Å². The van der Waals surface area contributed by atoms with Crippen LogP contribution in [0, 0.1) is 5.92 Å². The summed E-state index contributed by atoms with van der Waals surface area (Å²) in [6.07, 6.45) is 5.34. The molecule has 4 heteroatoms. The van der Waals surface area contributed by atoms with E-state index in [2.05, 4.69) is 34.8 Å². The van der Waals surface area contributed by atoms with E-state index in [0.717, 1.165) is 36.9 Å². The number of rotatable bonds is 4. The van der Waals surface area contributed by atoms with Gasteiger partial charge >= 0.3 is 0 Å². The first kappa shape index (κ1) is 13.6. The highest BCUT2D eigenvalue weighted by Crippen LogP contribution is 2.25. The van der Waals surface area contributed by atoms with E-state index in [1.54, 1.807) is 6.33 Å². The minimum atomic E-state index is 0.454. The van der Waals surface area contributed by atoms with Gasteiger partial charge in [0, 0.05) is 30.7 Å². The number of anilines is 1. The van der Waals surface area contributed by atoms with Crippen molar-refractivity contribution in [2.75, 3.05) is 23.9 Å². The standard InChI is InChI=1S/C14H22ClN3/c1-11(2)13-8-14(17-10-16-13)18-7-3-4-12(9-18)5-6-15/h8,10-12H,3-7,9H2,1-2H3. The van der Waals surface area contributed by atoms with Gasteiger partial charge in [0.1, 0.15) is 12.1 Å². The smallest absolute Gasteiger partial charge is 0.132 e. The SMILES string of the molecule is CC(C)c1cc(N2CCCC(CCCl)C2)ncn1. The second-order valence-corrected chi connectivity index (χ2v) is 5.77. The predicted molar refractivity (Wildman–Crippen MR) is 76.4 cm³/mol. The molecule has 0 spiro atoms. The summed E-state index contributed by atoms with van der Waals surface area (Å²) >= 11 is 5.85. The Labute approximate surface area is 115 Å². The summed E-state index contributed by atoms with van der Waals surface area (Å²) in [5.41, 5.74) is 1.12. The van der Waals surface area contributed by atoms with Crippen LogP contribution in [0.4, 0.5) is 5.82 Å². The van der Waals surface area contributed by atoms with Gasteiger partial charge in [0.05, 0.1) is 0 Å². The molecule has 1 aromatic heterocycles. The van der Waals surface area contributed by atoms with Crippen molar-refractivity contribution in [3.63, 3.8) is 0 Å². The Balaban J connectivity index is 2.08. The zero-order valence-electron chi connectivity index (χ0n) is 11.3. The Morgan fingerprint density at radius 3 is 3.00 bits per heavy atom. The van der Waals surface area contributed by atoms with Gasteiger partial charge in [-0.15, -0.1) is 11.6 Å². The molecule has 0 radical (unpaired) electrons. The van der Waals surface area contributed by atoms with Crippen LogP contribution in [0.5, 0.6) is 0 Å². The Morgan fingerprint density at radius 1 is 1.44 bits per heavy atom. The number of piperidine rings is 1.